The summed E-state index contributed by atoms with van der Waals surface area (Å²) in [5.74, 6) is -0.0798. The molecule has 0 fully saturated rings. The summed E-state index contributed by atoms with van der Waals surface area (Å²) in [4.78, 5) is 42.1. The fourth-order valence-corrected chi connectivity index (χ4v) is 4.45. The molecule has 0 aliphatic heterocycles. The Morgan fingerprint density at radius 3 is 2.49 bits per heavy atom. The molecule has 9 nitrogen and oxygen atoms in total. The molecule has 1 N–H and O–H groups in total. The largest absolute Gasteiger partial charge is 0.497 e. The second-order valence-electron chi connectivity index (χ2n) is 9.73. The number of amides is 2. The molecule has 1 heterocycles. The fourth-order valence-electron chi connectivity index (χ4n) is 4.45. The summed E-state index contributed by atoms with van der Waals surface area (Å²) in [6, 6.07) is 20.1. The van der Waals surface area contributed by atoms with Crippen LogP contribution in [0.4, 0.5) is 5.69 Å². The van der Waals surface area contributed by atoms with Crippen LogP contribution in [-0.2, 0) is 16.1 Å². The normalized spacial score (nSPS) is 11.8. The number of carbonyl (C=O) groups excluding carboxylic acids is 3. The van der Waals surface area contributed by atoms with Gasteiger partial charge in [0, 0.05) is 12.1 Å². The molecule has 9 heteroatoms. The Morgan fingerprint density at radius 1 is 1.00 bits per heavy atom. The number of hydrogen-bond donors (Lipinski definition) is 1. The van der Waals surface area contributed by atoms with E-state index in [4.69, 9.17) is 4.74 Å². The molecule has 0 radical (unpaired) electrons. The molecule has 1 atom stereocenters. The SMILES string of the molecule is COc1cccc([C@H](C(=O)NCCC(C)C)N(C(=O)Cn2nnc3ccccc32)c2ccccc2C(C)=O)c1. The van der Waals surface area contributed by atoms with Crippen LogP contribution in [0.25, 0.3) is 11.0 Å². The van der Waals surface area contributed by atoms with Gasteiger partial charge in [0.05, 0.1) is 18.3 Å². The van der Waals surface area contributed by atoms with Gasteiger partial charge in [-0.15, -0.1) is 5.10 Å². The van der Waals surface area contributed by atoms with Crippen molar-refractivity contribution in [3.8, 4) is 5.75 Å². The minimum Gasteiger partial charge on any atom is -0.497 e. The van der Waals surface area contributed by atoms with Crippen LogP contribution in [0.15, 0.2) is 72.8 Å². The zero-order valence-corrected chi connectivity index (χ0v) is 22.6. The van der Waals surface area contributed by atoms with E-state index in [1.165, 1.54) is 16.5 Å². The first-order valence-corrected chi connectivity index (χ1v) is 12.9. The fraction of sp³-hybridized carbons (Fsp3) is 0.300. The highest BCUT2D eigenvalue weighted by Gasteiger charge is 2.35. The Kier molecular flexibility index (Phi) is 8.70. The molecule has 39 heavy (non-hydrogen) atoms. The van der Waals surface area contributed by atoms with E-state index in [0.717, 1.165) is 6.42 Å². The van der Waals surface area contributed by atoms with Gasteiger partial charge in [0.1, 0.15) is 23.9 Å². The molecule has 0 unspecified atom stereocenters. The second kappa shape index (κ2) is 12.3. The lowest BCUT2D eigenvalue weighted by atomic mass is 10.00. The minimum absolute atomic E-state index is 0.188. The van der Waals surface area contributed by atoms with E-state index in [-0.39, 0.29) is 18.2 Å². The van der Waals surface area contributed by atoms with Gasteiger partial charge in [-0.05, 0) is 61.2 Å². The third-order valence-electron chi connectivity index (χ3n) is 6.45. The molecule has 0 spiro atoms. The number of nitrogens with one attached hydrogen (secondary N) is 1. The first kappa shape index (κ1) is 27.5. The van der Waals surface area contributed by atoms with E-state index in [1.54, 1.807) is 55.6 Å². The Morgan fingerprint density at radius 2 is 1.74 bits per heavy atom. The summed E-state index contributed by atoms with van der Waals surface area (Å²) in [6.45, 7) is 5.85. The van der Waals surface area contributed by atoms with Gasteiger partial charge < -0.3 is 10.1 Å². The highest BCUT2D eigenvalue weighted by atomic mass is 16.5. The topological polar surface area (TPSA) is 106 Å². The van der Waals surface area contributed by atoms with Gasteiger partial charge in [-0.1, -0.05) is 55.5 Å². The van der Waals surface area contributed by atoms with Crippen LogP contribution >= 0.6 is 0 Å². The molecule has 202 valence electrons. The molecule has 0 bridgehead atoms. The summed E-state index contributed by atoms with van der Waals surface area (Å²) >= 11 is 0. The number of nitrogens with zero attached hydrogens (tertiary/aromatic N) is 4. The lowest BCUT2D eigenvalue weighted by Crippen LogP contribution is -2.46. The highest BCUT2D eigenvalue weighted by molar-refractivity contribution is 6.08. The van der Waals surface area contributed by atoms with Gasteiger partial charge >= 0.3 is 0 Å². The average molecular weight is 528 g/mol. The number of ketones is 1. The summed E-state index contributed by atoms with van der Waals surface area (Å²) < 4.78 is 6.93. The number of Topliss-reactive ketones (excluding diaryl/α,β-unsaturated/α-hetero) is 1. The number of fused-ring (bicyclic) bond motifs is 1. The molecule has 1 aromatic heterocycles. The molecule has 0 aliphatic rings. The molecular formula is C30H33N5O4. The molecule has 4 rings (SSSR count). The van der Waals surface area contributed by atoms with Gasteiger partial charge in [0.2, 0.25) is 11.8 Å². The van der Waals surface area contributed by atoms with Crippen LogP contribution in [0, 0.1) is 5.92 Å². The minimum atomic E-state index is -1.07. The Balaban J connectivity index is 1.85. The first-order valence-electron chi connectivity index (χ1n) is 12.9. The zero-order valence-electron chi connectivity index (χ0n) is 22.6. The molecule has 4 aromatic rings. The predicted octanol–water partition coefficient (Wildman–Crippen LogP) is 4.58. The van der Waals surface area contributed by atoms with E-state index in [9.17, 15) is 14.4 Å². The predicted molar refractivity (Wildman–Crippen MR) is 150 cm³/mol. The van der Waals surface area contributed by atoms with Gasteiger partial charge in [-0.25, -0.2) is 4.68 Å². The smallest absolute Gasteiger partial charge is 0.249 e. The van der Waals surface area contributed by atoms with Crippen LogP contribution in [0.3, 0.4) is 0 Å². The number of hydrogen-bond acceptors (Lipinski definition) is 6. The summed E-state index contributed by atoms with van der Waals surface area (Å²) in [5, 5.41) is 11.3. The number of methoxy groups -OCH3 is 1. The quantitative estimate of drug-likeness (QED) is 0.286. The van der Waals surface area contributed by atoms with Crippen molar-refractivity contribution in [1.29, 1.82) is 0 Å². The Labute approximate surface area is 227 Å². The third-order valence-corrected chi connectivity index (χ3v) is 6.45. The maximum atomic E-state index is 14.2. The van der Waals surface area contributed by atoms with Crippen LogP contribution in [0.5, 0.6) is 5.75 Å². The van der Waals surface area contributed by atoms with Crippen molar-refractivity contribution >= 4 is 34.3 Å². The van der Waals surface area contributed by atoms with Crippen molar-refractivity contribution in [2.75, 3.05) is 18.6 Å². The summed E-state index contributed by atoms with van der Waals surface area (Å²) in [5.41, 5.74) is 2.55. The second-order valence-corrected chi connectivity index (χ2v) is 9.73. The Bertz CT molecular complexity index is 1480. The molecule has 0 aliphatic carbocycles. The monoisotopic (exact) mass is 527 g/mol. The molecule has 0 saturated carbocycles. The van der Waals surface area contributed by atoms with Gasteiger partial charge in [-0.2, -0.15) is 0 Å². The number of ether oxygens (including phenoxy) is 1. The maximum absolute atomic E-state index is 14.2. The van der Waals surface area contributed by atoms with Crippen LogP contribution in [-0.4, -0.2) is 46.2 Å². The molecular weight excluding hydrogens is 494 g/mol. The maximum Gasteiger partial charge on any atom is 0.249 e. The van der Waals surface area contributed by atoms with Crippen molar-refractivity contribution < 1.29 is 19.1 Å². The number of rotatable bonds is 11. The van der Waals surface area contributed by atoms with E-state index in [1.807, 2.05) is 24.3 Å². The van der Waals surface area contributed by atoms with Gasteiger partial charge in [-0.3, -0.25) is 19.3 Å². The first-order chi connectivity index (χ1) is 18.8. The average Bonchev–Trinajstić information content (AvgIpc) is 3.33. The van der Waals surface area contributed by atoms with E-state index >= 15 is 0 Å². The molecule has 2 amide bonds. The van der Waals surface area contributed by atoms with E-state index in [2.05, 4.69) is 29.5 Å². The standard InChI is InChI=1S/C30H33N5O4/c1-20(2)16-17-31-30(38)29(22-10-9-11-23(18-22)39-4)35(26-14-7-5-12-24(26)21(3)36)28(37)19-34-27-15-8-6-13-25(27)32-33-34/h5-15,18,20,29H,16-17,19H2,1-4H3,(H,31,38)/t29-/m1/s1. The van der Waals surface area contributed by atoms with E-state index < -0.39 is 11.9 Å². The van der Waals surface area contributed by atoms with Crippen LogP contribution in [0.1, 0.15) is 49.2 Å². The van der Waals surface area contributed by atoms with Crippen molar-refractivity contribution in [3.05, 3.63) is 83.9 Å². The highest BCUT2D eigenvalue weighted by Crippen LogP contribution is 2.33. The van der Waals surface area contributed by atoms with Gasteiger partial charge in [0.15, 0.2) is 5.78 Å². The third kappa shape index (κ3) is 6.31. The Hall–Kier alpha value is -4.53. The van der Waals surface area contributed by atoms with Crippen molar-refractivity contribution in [2.24, 2.45) is 5.92 Å². The van der Waals surface area contributed by atoms with Crippen molar-refractivity contribution in [2.45, 2.75) is 39.8 Å². The number of benzene rings is 3. The lowest BCUT2D eigenvalue weighted by Gasteiger charge is -2.33. The molecule has 0 saturated heterocycles. The van der Waals surface area contributed by atoms with Crippen LogP contribution in [0.2, 0.25) is 0 Å². The number of carbonyl (C=O) groups is 3. The van der Waals surface area contributed by atoms with Crippen molar-refractivity contribution in [1.82, 2.24) is 20.3 Å². The van der Waals surface area contributed by atoms with E-state index in [0.29, 0.717) is 46.1 Å². The summed E-state index contributed by atoms with van der Waals surface area (Å²) in [7, 11) is 1.54. The molecule has 3 aromatic carbocycles. The van der Waals surface area contributed by atoms with Crippen molar-refractivity contribution in [3.63, 3.8) is 0 Å². The zero-order chi connectivity index (χ0) is 27.9. The number of anilines is 1. The lowest BCUT2D eigenvalue weighted by molar-refractivity contribution is -0.127. The number of para-hydroxylation sites is 2. The number of aromatic nitrogens is 3. The van der Waals surface area contributed by atoms with Crippen LogP contribution < -0.4 is 15.0 Å². The summed E-state index contributed by atoms with van der Waals surface area (Å²) in [6.07, 6.45) is 0.777. The van der Waals surface area contributed by atoms with Gasteiger partial charge in [0.25, 0.3) is 0 Å².